The second kappa shape index (κ2) is 15.2. The monoisotopic (exact) mass is 574 g/mol. The van der Waals surface area contributed by atoms with Gasteiger partial charge in [-0.25, -0.2) is 20.2 Å². The number of hydrogen-bond donors (Lipinski definition) is 0. The Balaban J connectivity index is 1.88. The number of thiophene rings is 1. The minimum absolute atomic E-state index is 0.0420. The molecule has 0 amide bonds. The average molecular weight is 575 g/mol. The van der Waals surface area contributed by atoms with Crippen molar-refractivity contribution in [3.63, 3.8) is 0 Å². The topological polar surface area (TPSA) is 69.4 Å². The molecule has 0 fully saturated rings. The molecule has 0 aliphatic carbocycles. The van der Waals surface area contributed by atoms with Crippen LogP contribution in [0.15, 0.2) is 28.7 Å². The van der Waals surface area contributed by atoms with E-state index in [2.05, 4.69) is 41.7 Å². The van der Waals surface area contributed by atoms with Crippen molar-refractivity contribution in [1.29, 1.82) is 10.5 Å². The van der Waals surface area contributed by atoms with E-state index in [0.29, 0.717) is 16.0 Å². The lowest BCUT2D eigenvalue weighted by molar-refractivity contribution is 0.523. The molecule has 0 aliphatic rings. The van der Waals surface area contributed by atoms with E-state index in [4.69, 9.17) is 17.6 Å². The van der Waals surface area contributed by atoms with Crippen molar-refractivity contribution in [3.8, 4) is 12.1 Å². The summed E-state index contributed by atoms with van der Waals surface area (Å²) in [6.07, 6.45) is 16.1. The molecular weight excluding hydrogens is 536 g/mol. The van der Waals surface area contributed by atoms with Crippen molar-refractivity contribution < 1.29 is 4.42 Å². The predicted octanol–water partition coefficient (Wildman–Crippen LogP) is 9.71. The van der Waals surface area contributed by atoms with Crippen LogP contribution >= 0.6 is 11.3 Å². The molecule has 4 aromatic rings. The van der Waals surface area contributed by atoms with Gasteiger partial charge in [0.1, 0.15) is 11.3 Å². The molecule has 0 spiro atoms. The molecule has 6 heteroatoms. The Labute approximate surface area is 253 Å². The van der Waals surface area contributed by atoms with Crippen LogP contribution in [0.3, 0.4) is 0 Å². The number of nitrogens with zero attached hydrogens (tertiary/aromatic N) is 4. The van der Waals surface area contributed by atoms with Gasteiger partial charge in [0, 0.05) is 42.6 Å². The lowest BCUT2D eigenvalue weighted by Crippen LogP contribution is -2.08. The average Bonchev–Trinajstić information content (AvgIpc) is 3.63. The molecule has 0 saturated heterocycles. The highest BCUT2D eigenvalue weighted by molar-refractivity contribution is 7.20. The second-order valence-electron chi connectivity index (χ2n) is 11.0. The SMILES string of the molecule is [C-]#[N+]/C(C#N)=c1/cc2c(c/c(=C(/C#N)[N+]#[C-])c3cc(CCCCCCCC)sc32)c2oc(CCCCCCCC)cc12. The quantitative estimate of drug-likeness (QED) is 0.111. The van der Waals surface area contributed by atoms with Crippen LogP contribution in [0.2, 0.25) is 0 Å². The largest absolute Gasteiger partial charge is 0.460 e. The van der Waals surface area contributed by atoms with E-state index in [9.17, 15) is 10.5 Å². The number of fused-ring (bicyclic) bond motifs is 5. The van der Waals surface area contributed by atoms with Crippen LogP contribution < -0.4 is 10.4 Å². The number of unbranched alkanes of at least 4 members (excludes halogenated alkanes) is 10. The highest BCUT2D eigenvalue weighted by Gasteiger charge is 2.17. The maximum atomic E-state index is 9.84. The van der Waals surface area contributed by atoms with Crippen LogP contribution in [0.5, 0.6) is 0 Å². The highest BCUT2D eigenvalue weighted by Crippen LogP contribution is 2.35. The van der Waals surface area contributed by atoms with Gasteiger partial charge in [-0.2, -0.15) is 0 Å². The van der Waals surface area contributed by atoms with Crippen LogP contribution in [-0.2, 0) is 12.8 Å². The van der Waals surface area contributed by atoms with Crippen molar-refractivity contribution in [1.82, 2.24) is 0 Å². The number of nitriles is 2. The normalized spacial score (nSPS) is 12.6. The van der Waals surface area contributed by atoms with Crippen molar-refractivity contribution in [2.24, 2.45) is 0 Å². The summed E-state index contributed by atoms with van der Waals surface area (Å²) in [6, 6.07) is 12.2. The maximum absolute atomic E-state index is 9.84. The molecule has 2 heterocycles. The zero-order valence-electron chi connectivity index (χ0n) is 24.8. The van der Waals surface area contributed by atoms with E-state index < -0.39 is 0 Å². The van der Waals surface area contributed by atoms with Gasteiger partial charge in [0.05, 0.1) is 25.3 Å². The van der Waals surface area contributed by atoms with Crippen molar-refractivity contribution >= 4 is 54.6 Å². The summed E-state index contributed by atoms with van der Waals surface area (Å²) in [6.45, 7) is 19.8. The first kappa shape index (κ1) is 30.8. The van der Waals surface area contributed by atoms with E-state index in [1.54, 1.807) is 11.3 Å². The fourth-order valence-electron chi connectivity index (χ4n) is 5.75. The van der Waals surface area contributed by atoms with Gasteiger partial charge in [0.25, 0.3) is 11.4 Å². The molecule has 0 atom stereocenters. The second-order valence-corrected chi connectivity index (χ2v) is 12.2. The summed E-state index contributed by atoms with van der Waals surface area (Å²) >= 11 is 1.68. The standard InChI is InChI=1S/C36H38N4OS/c1-5-7-9-11-13-15-17-25-19-29-27(33(23-37)39-3)22-32-30(35(29)41-25)21-28(34(24-38)40-4)31-20-26(42-36(31)32)18-16-14-12-10-8-6-2/h19-22H,5-18H2,1-2H3/b33-27-,34-28+. The summed E-state index contributed by atoms with van der Waals surface area (Å²) in [5.74, 6) is 0.836. The van der Waals surface area contributed by atoms with Gasteiger partial charge >= 0.3 is 0 Å². The van der Waals surface area contributed by atoms with Gasteiger partial charge in [-0.05, 0) is 36.8 Å². The number of rotatable bonds is 14. The third-order valence-corrected chi connectivity index (χ3v) is 9.23. The minimum Gasteiger partial charge on any atom is -0.460 e. The van der Waals surface area contributed by atoms with Crippen molar-refractivity contribution in [3.05, 3.63) is 68.2 Å². The van der Waals surface area contributed by atoms with Gasteiger partial charge in [-0.1, -0.05) is 90.2 Å². The summed E-state index contributed by atoms with van der Waals surface area (Å²) in [5, 5.41) is 24.2. The molecule has 0 radical (unpaired) electrons. The molecule has 0 bridgehead atoms. The van der Waals surface area contributed by atoms with Crippen LogP contribution in [-0.4, -0.2) is 0 Å². The molecule has 4 rings (SSSR count). The molecule has 0 saturated carbocycles. The third kappa shape index (κ3) is 6.85. The molecule has 2 aromatic carbocycles. The summed E-state index contributed by atoms with van der Waals surface area (Å²) in [4.78, 5) is 8.34. The zero-order chi connectivity index (χ0) is 29.9. The zero-order valence-corrected chi connectivity index (χ0v) is 25.6. The van der Waals surface area contributed by atoms with Gasteiger partial charge in [0.15, 0.2) is 0 Å². The Bertz CT molecular complexity index is 1690. The Morgan fingerprint density at radius 2 is 1.24 bits per heavy atom. The van der Waals surface area contributed by atoms with E-state index in [0.717, 1.165) is 64.1 Å². The highest BCUT2D eigenvalue weighted by atomic mass is 32.1. The molecule has 5 nitrogen and oxygen atoms in total. The Hall–Kier alpha value is -4.10. The van der Waals surface area contributed by atoms with Crippen LogP contribution in [0, 0.1) is 35.8 Å². The number of hydrogen-bond acceptors (Lipinski definition) is 4. The number of aryl methyl sites for hydroxylation is 2. The predicted molar refractivity (Wildman–Crippen MR) is 174 cm³/mol. The number of benzene rings is 2. The van der Waals surface area contributed by atoms with Crippen LogP contribution in [0.4, 0.5) is 0 Å². The fraction of sp³-hybridized carbons (Fsp3) is 0.444. The molecule has 214 valence electrons. The minimum atomic E-state index is 0.0420. The summed E-state index contributed by atoms with van der Waals surface area (Å²) in [5.41, 5.74) is 0.726. The van der Waals surface area contributed by atoms with Crippen LogP contribution in [0.25, 0.3) is 52.9 Å². The number of furan rings is 1. The third-order valence-electron chi connectivity index (χ3n) is 8.00. The van der Waals surface area contributed by atoms with Crippen LogP contribution in [0.1, 0.15) is 102 Å². The molecular formula is C36H38N4OS. The molecule has 0 aliphatic heterocycles. The van der Waals surface area contributed by atoms with Crippen molar-refractivity contribution in [2.75, 3.05) is 0 Å². The van der Waals surface area contributed by atoms with E-state index in [1.807, 2.05) is 18.2 Å². The fourth-order valence-corrected chi connectivity index (χ4v) is 6.99. The Morgan fingerprint density at radius 1 is 0.690 bits per heavy atom. The van der Waals surface area contributed by atoms with E-state index in [-0.39, 0.29) is 11.4 Å². The molecule has 2 aromatic heterocycles. The summed E-state index contributed by atoms with van der Waals surface area (Å²) in [7, 11) is 0. The van der Waals surface area contributed by atoms with Gasteiger partial charge in [-0.15, -0.1) is 11.3 Å². The van der Waals surface area contributed by atoms with Crippen molar-refractivity contribution in [2.45, 2.75) is 104 Å². The summed E-state index contributed by atoms with van der Waals surface area (Å²) < 4.78 is 7.44. The first-order valence-corrected chi connectivity index (χ1v) is 16.2. The molecule has 0 N–H and O–H groups in total. The Kier molecular flexibility index (Phi) is 11.2. The van der Waals surface area contributed by atoms with Gasteiger partial charge in [0.2, 0.25) is 0 Å². The first-order chi connectivity index (χ1) is 20.6. The van der Waals surface area contributed by atoms with Gasteiger partial charge in [-0.3, -0.25) is 0 Å². The Morgan fingerprint density at radius 3 is 1.83 bits per heavy atom. The molecule has 0 unspecified atom stereocenters. The van der Waals surface area contributed by atoms with E-state index >= 15 is 0 Å². The lowest BCUT2D eigenvalue weighted by atomic mass is 10.0. The smallest absolute Gasteiger partial charge is 0.269 e. The van der Waals surface area contributed by atoms with Gasteiger partial charge < -0.3 is 4.42 Å². The first-order valence-electron chi connectivity index (χ1n) is 15.3. The molecule has 42 heavy (non-hydrogen) atoms. The lowest BCUT2D eigenvalue weighted by Gasteiger charge is -2.04. The maximum Gasteiger partial charge on any atom is 0.269 e. The van der Waals surface area contributed by atoms with E-state index in [1.165, 1.54) is 62.7 Å².